The summed E-state index contributed by atoms with van der Waals surface area (Å²) < 4.78 is 5.58. The quantitative estimate of drug-likeness (QED) is 0.737. The van der Waals surface area contributed by atoms with Crippen molar-refractivity contribution >= 4 is 11.8 Å². The molecule has 1 N–H and O–H groups in total. The molecule has 3 unspecified atom stereocenters. The van der Waals surface area contributed by atoms with Gasteiger partial charge in [0, 0.05) is 23.7 Å². The van der Waals surface area contributed by atoms with Crippen LogP contribution in [0.5, 0.6) is 0 Å². The monoisotopic (exact) mass is 203 g/mol. The molecule has 3 atom stereocenters. The molecule has 0 aromatic rings. The van der Waals surface area contributed by atoms with E-state index < -0.39 is 0 Å². The van der Waals surface area contributed by atoms with Crippen LogP contribution in [0.2, 0.25) is 0 Å². The number of ether oxygens (including phenoxy) is 1. The third-order valence-corrected chi connectivity index (χ3v) is 4.23. The van der Waals surface area contributed by atoms with Crippen LogP contribution in [-0.4, -0.2) is 36.8 Å². The lowest BCUT2D eigenvalue weighted by Crippen LogP contribution is -2.31. The normalized spacial score (nSPS) is 27.5. The van der Waals surface area contributed by atoms with E-state index in [4.69, 9.17) is 4.74 Å². The summed E-state index contributed by atoms with van der Waals surface area (Å²) in [4.78, 5) is 0. The Morgan fingerprint density at radius 2 is 2.31 bits per heavy atom. The Morgan fingerprint density at radius 3 is 2.85 bits per heavy atom. The third kappa shape index (κ3) is 3.88. The van der Waals surface area contributed by atoms with E-state index in [0.717, 1.165) is 12.4 Å². The van der Waals surface area contributed by atoms with Crippen LogP contribution in [0.4, 0.5) is 0 Å². The van der Waals surface area contributed by atoms with Crippen LogP contribution >= 0.6 is 11.8 Å². The number of rotatable bonds is 5. The molecule has 3 heteroatoms. The number of nitrogens with one attached hydrogen (secondary N) is 1. The molecule has 1 heterocycles. The van der Waals surface area contributed by atoms with Crippen LogP contribution in [0.1, 0.15) is 26.7 Å². The average molecular weight is 203 g/mol. The highest BCUT2D eigenvalue weighted by Crippen LogP contribution is 2.21. The van der Waals surface area contributed by atoms with Gasteiger partial charge in [0.25, 0.3) is 0 Å². The minimum Gasteiger partial charge on any atom is -0.377 e. The topological polar surface area (TPSA) is 21.3 Å². The van der Waals surface area contributed by atoms with Gasteiger partial charge in [-0.2, -0.15) is 11.8 Å². The molecule has 0 aromatic heterocycles. The molecular weight excluding hydrogens is 182 g/mol. The fourth-order valence-electron chi connectivity index (χ4n) is 1.41. The predicted octanol–water partition coefficient (Wildman–Crippen LogP) is 1.90. The van der Waals surface area contributed by atoms with Crippen molar-refractivity contribution in [2.75, 3.05) is 19.4 Å². The van der Waals surface area contributed by atoms with Crippen molar-refractivity contribution in [3.8, 4) is 0 Å². The molecule has 1 saturated heterocycles. The molecule has 1 fully saturated rings. The second-order valence-electron chi connectivity index (χ2n) is 3.75. The van der Waals surface area contributed by atoms with Gasteiger partial charge in [-0.3, -0.25) is 0 Å². The van der Waals surface area contributed by atoms with Crippen LogP contribution in [0.25, 0.3) is 0 Å². The van der Waals surface area contributed by atoms with Crippen molar-refractivity contribution in [1.82, 2.24) is 5.32 Å². The van der Waals surface area contributed by atoms with Gasteiger partial charge in [-0.15, -0.1) is 0 Å². The van der Waals surface area contributed by atoms with Gasteiger partial charge in [-0.05, 0) is 26.8 Å². The number of hydrogen-bond donors (Lipinski definition) is 1. The largest absolute Gasteiger partial charge is 0.377 e. The van der Waals surface area contributed by atoms with Gasteiger partial charge in [0.2, 0.25) is 0 Å². The summed E-state index contributed by atoms with van der Waals surface area (Å²) in [6.07, 6.45) is 3.03. The molecular formula is C10H21NOS. The Bertz CT molecular complexity index is 137. The Kier molecular flexibility index (Phi) is 5.14. The minimum atomic E-state index is 0.525. The Labute approximate surface area is 85.8 Å². The predicted molar refractivity (Wildman–Crippen MR) is 59.4 cm³/mol. The van der Waals surface area contributed by atoms with Crippen molar-refractivity contribution in [3.63, 3.8) is 0 Å². The van der Waals surface area contributed by atoms with E-state index in [1.807, 2.05) is 18.8 Å². The minimum absolute atomic E-state index is 0.525. The van der Waals surface area contributed by atoms with Crippen molar-refractivity contribution in [1.29, 1.82) is 0 Å². The first-order chi connectivity index (χ1) is 6.24. The van der Waals surface area contributed by atoms with Crippen molar-refractivity contribution in [3.05, 3.63) is 0 Å². The molecule has 0 aromatic carbocycles. The summed E-state index contributed by atoms with van der Waals surface area (Å²) in [5.74, 6) is 1.16. The van der Waals surface area contributed by atoms with Gasteiger partial charge in [0.05, 0.1) is 6.10 Å². The van der Waals surface area contributed by atoms with E-state index in [2.05, 4.69) is 19.2 Å². The van der Waals surface area contributed by atoms with Crippen LogP contribution in [-0.2, 0) is 4.74 Å². The molecule has 0 bridgehead atoms. The highest BCUT2D eigenvalue weighted by Gasteiger charge is 2.18. The smallest absolute Gasteiger partial charge is 0.0666 e. The van der Waals surface area contributed by atoms with E-state index in [0.29, 0.717) is 17.4 Å². The van der Waals surface area contributed by atoms with Gasteiger partial charge in [0.15, 0.2) is 0 Å². The highest BCUT2D eigenvalue weighted by atomic mass is 32.2. The first-order valence-corrected chi connectivity index (χ1v) is 6.19. The molecule has 0 saturated carbocycles. The van der Waals surface area contributed by atoms with Gasteiger partial charge in [0.1, 0.15) is 0 Å². The molecule has 0 amide bonds. The summed E-state index contributed by atoms with van der Waals surface area (Å²) in [5, 5.41) is 3.95. The van der Waals surface area contributed by atoms with E-state index in [-0.39, 0.29) is 0 Å². The number of hydrogen-bond acceptors (Lipinski definition) is 3. The second kappa shape index (κ2) is 5.89. The maximum Gasteiger partial charge on any atom is 0.0666 e. The zero-order valence-corrected chi connectivity index (χ0v) is 9.69. The fraction of sp³-hybridized carbons (Fsp3) is 1.00. The van der Waals surface area contributed by atoms with E-state index >= 15 is 0 Å². The van der Waals surface area contributed by atoms with Crippen molar-refractivity contribution < 1.29 is 4.74 Å². The molecule has 1 aliphatic heterocycles. The van der Waals surface area contributed by atoms with Crippen LogP contribution in [0, 0.1) is 0 Å². The Morgan fingerprint density at radius 1 is 1.54 bits per heavy atom. The van der Waals surface area contributed by atoms with Crippen LogP contribution in [0.15, 0.2) is 0 Å². The van der Waals surface area contributed by atoms with Crippen LogP contribution in [0.3, 0.4) is 0 Å². The first-order valence-electron chi connectivity index (χ1n) is 5.14. The summed E-state index contributed by atoms with van der Waals surface area (Å²) in [5.41, 5.74) is 0. The summed E-state index contributed by atoms with van der Waals surface area (Å²) >= 11 is 2.02. The first kappa shape index (κ1) is 11.3. The molecule has 0 spiro atoms. The standard InChI is InChI=1S/C10H21NOS/c1-8(11-3)9(2)13-7-10-5-4-6-12-10/h8-11H,4-7H2,1-3H3. The summed E-state index contributed by atoms with van der Waals surface area (Å²) in [6.45, 7) is 5.48. The summed E-state index contributed by atoms with van der Waals surface area (Å²) in [6, 6.07) is 0.589. The Balaban J connectivity index is 2.10. The molecule has 2 nitrogen and oxygen atoms in total. The Hall–Kier alpha value is 0.270. The molecule has 0 radical (unpaired) electrons. The van der Waals surface area contributed by atoms with E-state index in [1.165, 1.54) is 12.8 Å². The van der Waals surface area contributed by atoms with Gasteiger partial charge in [-0.25, -0.2) is 0 Å². The zero-order chi connectivity index (χ0) is 9.68. The van der Waals surface area contributed by atoms with Crippen molar-refractivity contribution in [2.24, 2.45) is 0 Å². The maximum absolute atomic E-state index is 5.58. The molecule has 13 heavy (non-hydrogen) atoms. The fourth-order valence-corrected chi connectivity index (χ4v) is 2.62. The van der Waals surface area contributed by atoms with E-state index in [1.54, 1.807) is 0 Å². The highest BCUT2D eigenvalue weighted by molar-refractivity contribution is 7.99. The van der Waals surface area contributed by atoms with Gasteiger partial charge >= 0.3 is 0 Å². The zero-order valence-electron chi connectivity index (χ0n) is 8.88. The van der Waals surface area contributed by atoms with Gasteiger partial charge < -0.3 is 10.1 Å². The summed E-state index contributed by atoms with van der Waals surface area (Å²) in [7, 11) is 2.02. The SMILES string of the molecule is CNC(C)C(C)SCC1CCCO1. The number of thioether (sulfide) groups is 1. The lowest BCUT2D eigenvalue weighted by atomic mass is 10.2. The third-order valence-electron chi connectivity index (χ3n) is 2.73. The molecule has 78 valence electrons. The van der Waals surface area contributed by atoms with Crippen molar-refractivity contribution in [2.45, 2.75) is 44.1 Å². The van der Waals surface area contributed by atoms with E-state index in [9.17, 15) is 0 Å². The second-order valence-corrected chi connectivity index (χ2v) is 5.16. The lowest BCUT2D eigenvalue weighted by Gasteiger charge is -2.20. The average Bonchev–Trinajstić information content (AvgIpc) is 2.65. The van der Waals surface area contributed by atoms with Crippen LogP contribution < -0.4 is 5.32 Å². The lowest BCUT2D eigenvalue weighted by molar-refractivity contribution is 0.128. The van der Waals surface area contributed by atoms with Gasteiger partial charge in [-0.1, -0.05) is 6.92 Å². The molecule has 1 rings (SSSR count). The molecule has 1 aliphatic rings. The maximum atomic E-state index is 5.58. The molecule has 0 aliphatic carbocycles.